The van der Waals surface area contributed by atoms with Gasteiger partial charge in [-0.2, -0.15) is 0 Å². The van der Waals surface area contributed by atoms with Crippen molar-refractivity contribution < 1.29 is 0 Å². The van der Waals surface area contributed by atoms with Crippen LogP contribution in [-0.4, -0.2) is 31.1 Å². The lowest BCUT2D eigenvalue weighted by atomic mass is 9.93. The highest BCUT2D eigenvalue weighted by Crippen LogP contribution is 2.28. The van der Waals surface area contributed by atoms with Gasteiger partial charge in [-0.1, -0.05) is 45.0 Å². The van der Waals surface area contributed by atoms with Crippen molar-refractivity contribution in [1.82, 2.24) is 10.2 Å². The van der Waals surface area contributed by atoms with Gasteiger partial charge in [-0.05, 0) is 23.5 Å². The first kappa shape index (κ1) is 13.6. The number of nitrogens with one attached hydrogen (secondary N) is 1. The Labute approximate surface area is 111 Å². The van der Waals surface area contributed by atoms with Gasteiger partial charge in [0.15, 0.2) is 0 Å². The Morgan fingerprint density at radius 3 is 2.22 bits per heavy atom. The van der Waals surface area contributed by atoms with Crippen molar-refractivity contribution in [1.29, 1.82) is 0 Å². The van der Waals surface area contributed by atoms with Crippen molar-refractivity contribution in [3.05, 3.63) is 35.4 Å². The minimum absolute atomic E-state index is 0.568. The van der Waals surface area contributed by atoms with Crippen LogP contribution >= 0.6 is 0 Å². The fourth-order valence-electron chi connectivity index (χ4n) is 2.93. The predicted octanol–water partition coefficient (Wildman–Crippen LogP) is 2.85. The molecule has 1 aliphatic heterocycles. The molecule has 1 aromatic carbocycles. The molecule has 1 unspecified atom stereocenters. The van der Waals surface area contributed by atoms with Crippen LogP contribution in [0.1, 0.15) is 37.9 Å². The first-order valence-corrected chi connectivity index (χ1v) is 7.26. The second-order valence-corrected chi connectivity index (χ2v) is 5.57. The van der Waals surface area contributed by atoms with Gasteiger partial charge >= 0.3 is 0 Å². The van der Waals surface area contributed by atoms with Crippen molar-refractivity contribution in [2.45, 2.75) is 33.2 Å². The Balaban J connectivity index is 2.17. The first-order chi connectivity index (χ1) is 8.72. The van der Waals surface area contributed by atoms with Crippen LogP contribution in [0.5, 0.6) is 0 Å². The molecule has 1 N–H and O–H groups in total. The quantitative estimate of drug-likeness (QED) is 0.879. The molecule has 1 atom stereocenters. The highest BCUT2D eigenvalue weighted by Gasteiger charge is 2.24. The molecule has 1 saturated heterocycles. The molecule has 0 aromatic heterocycles. The van der Waals surface area contributed by atoms with Crippen molar-refractivity contribution in [3.63, 3.8) is 0 Å². The summed E-state index contributed by atoms with van der Waals surface area (Å²) in [5.41, 5.74) is 2.91. The number of piperazine rings is 1. The standard InChI is InChI=1S/C16H26N2/c1-4-14-5-7-15(8-6-14)16(13(2)3)18-11-9-17-10-12-18/h5-8,13,16-17H,4,9-12H2,1-3H3. The first-order valence-electron chi connectivity index (χ1n) is 7.26. The third-order valence-corrected chi connectivity index (χ3v) is 3.91. The molecule has 2 rings (SSSR count). The van der Waals surface area contributed by atoms with Gasteiger partial charge in [0.1, 0.15) is 0 Å². The Kier molecular flexibility index (Phi) is 4.79. The maximum atomic E-state index is 3.44. The molecular formula is C16H26N2. The molecule has 18 heavy (non-hydrogen) atoms. The molecule has 1 heterocycles. The maximum Gasteiger partial charge on any atom is 0.0372 e. The average molecular weight is 246 g/mol. The monoisotopic (exact) mass is 246 g/mol. The number of hydrogen-bond donors (Lipinski definition) is 1. The molecule has 0 amide bonds. The second-order valence-electron chi connectivity index (χ2n) is 5.57. The highest BCUT2D eigenvalue weighted by molar-refractivity contribution is 5.25. The zero-order valence-corrected chi connectivity index (χ0v) is 11.9. The summed E-state index contributed by atoms with van der Waals surface area (Å²) in [4.78, 5) is 2.63. The van der Waals surface area contributed by atoms with E-state index >= 15 is 0 Å². The Hall–Kier alpha value is -0.860. The molecule has 0 radical (unpaired) electrons. The number of benzene rings is 1. The number of hydrogen-bond acceptors (Lipinski definition) is 2. The van der Waals surface area contributed by atoms with E-state index in [9.17, 15) is 0 Å². The lowest BCUT2D eigenvalue weighted by Crippen LogP contribution is -2.46. The lowest BCUT2D eigenvalue weighted by molar-refractivity contribution is 0.137. The lowest BCUT2D eigenvalue weighted by Gasteiger charge is -2.37. The normalized spacial score (nSPS) is 19.1. The van der Waals surface area contributed by atoms with E-state index in [1.807, 2.05) is 0 Å². The summed E-state index contributed by atoms with van der Waals surface area (Å²) in [6.07, 6.45) is 1.13. The largest absolute Gasteiger partial charge is 0.314 e. The van der Waals surface area contributed by atoms with E-state index in [-0.39, 0.29) is 0 Å². The van der Waals surface area contributed by atoms with Crippen LogP contribution in [0, 0.1) is 5.92 Å². The van der Waals surface area contributed by atoms with E-state index in [0.29, 0.717) is 12.0 Å². The Morgan fingerprint density at radius 1 is 1.11 bits per heavy atom. The van der Waals surface area contributed by atoms with Crippen LogP contribution in [0.3, 0.4) is 0 Å². The smallest absolute Gasteiger partial charge is 0.0372 e. The third-order valence-electron chi connectivity index (χ3n) is 3.91. The van der Waals surface area contributed by atoms with Crippen LogP contribution in [0.15, 0.2) is 24.3 Å². The SMILES string of the molecule is CCc1ccc(C(C(C)C)N2CCNCC2)cc1. The van der Waals surface area contributed by atoms with E-state index in [1.165, 1.54) is 24.2 Å². The summed E-state index contributed by atoms with van der Waals surface area (Å²) >= 11 is 0. The molecule has 1 fully saturated rings. The van der Waals surface area contributed by atoms with Gasteiger partial charge < -0.3 is 5.32 Å². The number of rotatable bonds is 4. The molecule has 0 aliphatic carbocycles. The van der Waals surface area contributed by atoms with E-state index < -0.39 is 0 Å². The predicted molar refractivity (Wildman–Crippen MR) is 77.8 cm³/mol. The number of aryl methyl sites for hydroxylation is 1. The molecule has 0 bridgehead atoms. The molecule has 0 saturated carbocycles. The maximum absolute atomic E-state index is 3.44. The van der Waals surface area contributed by atoms with Crippen molar-refractivity contribution in [2.24, 2.45) is 5.92 Å². The van der Waals surface area contributed by atoms with E-state index in [4.69, 9.17) is 0 Å². The van der Waals surface area contributed by atoms with Crippen LogP contribution in [0.25, 0.3) is 0 Å². The van der Waals surface area contributed by atoms with Gasteiger partial charge in [0.2, 0.25) is 0 Å². The summed E-state index contributed by atoms with van der Waals surface area (Å²) in [5.74, 6) is 0.663. The minimum atomic E-state index is 0.568. The van der Waals surface area contributed by atoms with Gasteiger partial charge in [-0.25, -0.2) is 0 Å². The van der Waals surface area contributed by atoms with Gasteiger partial charge in [0.25, 0.3) is 0 Å². The summed E-state index contributed by atoms with van der Waals surface area (Å²) in [6, 6.07) is 9.79. The van der Waals surface area contributed by atoms with Gasteiger partial charge in [-0.15, -0.1) is 0 Å². The van der Waals surface area contributed by atoms with E-state index in [1.54, 1.807) is 0 Å². The van der Waals surface area contributed by atoms with Crippen LogP contribution in [0.4, 0.5) is 0 Å². The van der Waals surface area contributed by atoms with Gasteiger partial charge in [-0.3, -0.25) is 4.90 Å². The zero-order valence-electron chi connectivity index (χ0n) is 11.9. The van der Waals surface area contributed by atoms with Crippen molar-refractivity contribution in [2.75, 3.05) is 26.2 Å². The van der Waals surface area contributed by atoms with Crippen molar-refractivity contribution >= 4 is 0 Å². The summed E-state index contributed by atoms with van der Waals surface area (Å²) in [7, 11) is 0. The Bertz CT molecular complexity index is 350. The van der Waals surface area contributed by atoms with Gasteiger partial charge in [0, 0.05) is 32.2 Å². The average Bonchev–Trinajstić information content (AvgIpc) is 2.40. The van der Waals surface area contributed by atoms with E-state index in [0.717, 1.165) is 19.5 Å². The topological polar surface area (TPSA) is 15.3 Å². The van der Waals surface area contributed by atoms with Gasteiger partial charge in [0.05, 0.1) is 0 Å². The molecule has 100 valence electrons. The fraction of sp³-hybridized carbons (Fsp3) is 0.625. The second kappa shape index (κ2) is 6.35. The molecule has 1 aliphatic rings. The molecule has 2 heteroatoms. The minimum Gasteiger partial charge on any atom is -0.314 e. The van der Waals surface area contributed by atoms with Crippen LogP contribution in [-0.2, 0) is 6.42 Å². The summed E-state index contributed by atoms with van der Waals surface area (Å²) < 4.78 is 0. The third kappa shape index (κ3) is 3.12. The molecule has 1 aromatic rings. The summed E-state index contributed by atoms with van der Waals surface area (Å²) in [5, 5.41) is 3.44. The molecular weight excluding hydrogens is 220 g/mol. The number of nitrogens with zero attached hydrogens (tertiary/aromatic N) is 1. The highest BCUT2D eigenvalue weighted by atomic mass is 15.2. The summed E-state index contributed by atoms with van der Waals surface area (Å²) in [6.45, 7) is 11.5. The zero-order chi connectivity index (χ0) is 13.0. The van der Waals surface area contributed by atoms with Crippen LogP contribution < -0.4 is 5.32 Å². The Morgan fingerprint density at radius 2 is 1.72 bits per heavy atom. The van der Waals surface area contributed by atoms with E-state index in [2.05, 4.69) is 55.3 Å². The fourth-order valence-corrected chi connectivity index (χ4v) is 2.93. The molecule has 0 spiro atoms. The van der Waals surface area contributed by atoms with Crippen LogP contribution in [0.2, 0.25) is 0 Å². The van der Waals surface area contributed by atoms with Crippen molar-refractivity contribution in [3.8, 4) is 0 Å². The molecule has 2 nitrogen and oxygen atoms in total.